The van der Waals surface area contributed by atoms with Crippen LogP contribution in [0.25, 0.3) is 0 Å². The molecule has 0 N–H and O–H groups in total. The molecule has 0 spiro atoms. The Bertz CT molecular complexity index is 367. The third-order valence-electron chi connectivity index (χ3n) is 3.14. The van der Waals surface area contributed by atoms with Gasteiger partial charge in [-0.25, -0.2) is 0 Å². The van der Waals surface area contributed by atoms with Crippen LogP contribution in [0.3, 0.4) is 0 Å². The molecule has 0 aromatic rings. The van der Waals surface area contributed by atoms with Gasteiger partial charge < -0.3 is 9.47 Å². The average molecular weight is 270 g/mol. The number of ether oxygens (including phenoxy) is 2. The number of carbonyl (C=O) groups is 3. The van der Waals surface area contributed by atoms with Crippen molar-refractivity contribution < 1.29 is 23.9 Å². The van der Waals surface area contributed by atoms with Crippen LogP contribution < -0.4 is 0 Å². The first kappa shape index (κ1) is 15.7. The van der Waals surface area contributed by atoms with Gasteiger partial charge in [0.1, 0.15) is 11.4 Å². The monoisotopic (exact) mass is 270 g/mol. The lowest BCUT2D eigenvalue weighted by atomic mass is 9.98. The van der Waals surface area contributed by atoms with Gasteiger partial charge in [-0.05, 0) is 33.6 Å². The lowest BCUT2D eigenvalue weighted by molar-refractivity contribution is -0.157. The zero-order chi connectivity index (χ0) is 14.6. The average Bonchev–Trinajstić information content (AvgIpc) is 2.59. The normalized spacial score (nSPS) is 23.3. The molecule has 1 unspecified atom stereocenters. The van der Waals surface area contributed by atoms with E-state index in [1.165, 1.54) is 7.11 Å². The van der Waals surface area contributed by atoms with Crippen LogP contribution in [0.4, 0.5) is 0 Å². The highest BCUT2D eigenvalue weighted by Gasteiger charge is 2.37. The van der Waals surface area contributed by atoms with Gasteiger partial charge in [0.2, 0.25) is 0 Å². The van der Waals surface area contributed by atoms with E-state index in [1.807, 2.05) is 0 Å². The van der Waals surface area contributed by atoms with E-state index >= 15 is 0 Å². The summed E-state index contributed by atoms with van der Waals surface area (Å²) in [6.45, 7) is 5.38. The molecule has 0 saturated heterocycles. The molecule has 0 heterocycles. The van der Waals surface area contributed by atoms with E-state index in [4.69, 9.17) is 4.74 Å². The summed E-state index contributed by atoms with van der Waals surface area (Å²) in [5.74, 6) is -1.37. The van der Waals surface area contributed by atoms with Crippen molar-refractivity contribution in [2.75, 3.05) is 7.11 Å². The van der Waals surface area contributed by atoms with Gasteiger partial charge in [0.25, 0.3) is 0 Å². The van der Waals surface area contributed by atoms with Gasteiger partial charge in [0, 0.05) is 11.8 Å². The van der Waals surface area contributed by atoms with E-state index in [0.29, 0.717) is 12.8 Å². The molecule has 5 nitrogen and oxygen atoms in total. The first-order valence-electron chi connectivity index (χ1n) is 6.55. The summed E-state index contributed by atoms with van der Waals surface area (Å²) in [5, 5.41) is 0. The van der Waals surface area contributed by atoms with Gasteiger partial charge in [-0.1, -0.05) is 0 Å². The Hall–Kier alpha value is -1.39. The van der Waals surface area contributed by atoms with Crippen LogP contribution in [0.5, 0.6) is 0 Å². The summed E-state index contributed by atoms with van der Waals surface area (Å²) in [5.41, 5.74) is -0.538. The van der Waals surface area contributed by atoms with Crippen molar-refractivity contribution in [3.05, 3.63) is 0 Å². The molecular weight excluding hydrogens is 248 g/mol. The molecule has 0 radical (unpaired) electrons. The SMILES string of the molecule is COC(=O)CC1CC[C@@H](CC(=O)OC(C)(C)C)C1=O. The van der Waals surface area contributed by atoms with E-state index in [0.717, 1.165) is 0 Å². The highest BCUT2D eigenvalue weighted by molar-refractivity contribution is 5.91. The standard InChI is InChI=1S/C14H22O5/c1-14(2,3)19-12(16)8-10-6-5-9(13(10)17)7-11(15)18-4/h9-10H,5-8H2,1-4H3/t9?,10-/m0/s1. The van der Waals surface area contributed by atoms with Gasteiger partial charge in [-0.3, -0.25) is 14.4 Å². The third-order valence-corrected chi connectivity index (χ3v) is 3.14. The summed E-state index contributed by atoms with van der Waals surface area (Å²) in [6.07, 6.45) is 1.50. The molecule has 108 valence electrons. The Morgan fingerprint density at radius 3 is 2.00 bits per heavy atom. The first-order valence-corrected chi connectivity index (χ1v) is 6.55. The molecule has 0 aliphatic heterocycles. The van der Waals surface area contributed by atoms with Crippen LogP contribution in [0.2, 0.25) is 0 Å². The van der Waals surface area contributed by atoms with E-state index in [9.17, 15) is 14.4 Å². The minimum absolute atomic E-state index is 0.0174. The van der Waals surface area contributed by atoms with Gasteiger partial charge in [-0.15, -0.1) is 0 Å². The van der Waals surface area contributed by atoms with Crippen molar-refractivity contribution in [1.82, 2.24) is 0 Å². The molecule has 1 fully saturated rings. The van der Waals surface area contributed by atoms with Crippen LogP contribution in [0.15, 0.2) is 0 Å². The molecule has 5 heteroatoms. The van der Waals surface area contributed by atoms with Gasteiger partial charge in [0.15, 0.2) is 0 Å². The largest absolute Gasteiger partial charge is 0.469 e. The molecule has 1 rings (SSSR count). The fourth-order valence-electron chi connectivity index (χ4n) is 2.29. The summed E-state index contributed by atoms with van der Waals surface area (Å²) < 4.78 is 9.76. The van der Waals surface area contributed by atoms with Gasteiger partial charge >= 0.3 is 11.9 Å². The third kappa shape index (κ3) is 5.01. The predicted octanol–water partition coefficient (Wildman–Crippen LogP) is 1.88. The lowest BCUT2D eigenvalue weighted by Crippen LogP contribution is -2.27. The number of rotatable bonds is 4. The first-order chi connectivity index (χ1) is 8.73. The summed E-state index contributed by atoms with van der Waals surface area (Å²) in [7, 11) is 1.31. The fraction of sp³-hybridized carbons (Fsp3) is 0.786. The number of hydrogen-bond acceptors (Lipinski definition) is 5. The van der Waals surface area contributed by atoms with Crippen molar-refractivity contribution in [1.29, 1.82) is 0 Å². The maximum absolute atomic E-state index is 12.0. The molecule has 2 atom stereocenters. The maximum Gasteiger partial charge on any atom is 0.307 e. The molecule has 0 bridgehead atoms. The Morgan fingerprint density at radius 2 is 1.58 bits per heavy atom. The molecule has 1 aliphatic carbocycles. The van der Waals surface area contributed by atoms with Crippen molar-refractivity contribution in [2.24, 2.45) is 11.8 Å². The minimum Gasteiger partial charge on any atom is -0.469 e. The van der Waals surface area contributed by atoms with E-state index in [2.05, 4.69) is 4.74 Å². The molecule has 0 amide bonds. The second-order valence-corrected chi connectivity index (χ2v) is 5.94. The number of ketones is 1. The van der Waals surface area contributed by atoms with Crippen LogP contribution >= 0.6 is 0 Å². The van der Waals surface area contributed by atoms with E-state index in [1.54, 1.807) is 20.8 Å². The van der Waals surface area contributed by atoms with Gasteiger partial charge in [0.05, 0.1) is 20.0 Å². The molecule has 1 aliphatic rings. The lowest BCUT2D eigenvalue weighted by Gasteiger charge is -2.20. The van der Waals surface area contributed by atoms with E-state index in [-0.39, 0.29) is 42.4 Å². The van der Waals surface area contributed by atoms with Crippen LogP contribution in [0, 0.1) is 11.8 Å². The van der Waals surface area contributed by atoms with Crippen LogP contribution in [-0.4, -0.2) is 30.4 Å². The maximum atomic E-state index is 12.0. The van der Waals surface area contributed by atoms with Crippen LogP contribution in [0.1, 0.15) is 46.5 Å². The fourth-order valence-corrected chi connectivity index (χ4v) is 2.29. The molecular formula is C14H22O5. The summed E-state index contributed by atoms with van der Waals surface area (Å²) >= 11 is 0. The number of Topliss-reactive ketones (excluding diaryl/α,β-unsaturated/α-hetero) is 1. The summed E-state index contributed by atoms with van der Waals surface area (Å²) in [4.78, 5) is 34.9. The van der Waals surface area contributed by atoms with Crippen LogP contribution in [-0.2, 0) is 23.9 Å². The van der Waals surface area contributed by atoms with E-state index < -0.39 is 5.60 Å². The molecule has 0 aromatic heterocycles. The molecule has 19 heavy (non-hydrogen) atoms. The Balaban J connectivity index is 2.47. The van der Waals surface area contributed by atoms with Crippen molar-refractivity contribution >= 4 is 17.7 Å². The smallest absolute Gasteiger partial charge is 0.307 e. The Labute approximate surface area is 113 Å². The molecule has 0 aromatic carbocycles. The Kier molecular flexibility index (Phi) is 5.09. The highest BCUT2D eigenvalue weighted by Crippen LogP contribution is 2.32. The topological polar surface area (TPSA) is 69.7 Å². The number of hydrogen-bond donors (Lipinski definition) is 0. The zero-order valence-corrected chi connectivity index (χ0v) is 12.0. The number of esters is 2. The zero-order valence-electron chi connectivity index (χ0n) is 12.0. The van der Waals surface area contributed by atoms with Crippen molar-refractivity contribution in [2.45, 2.75) is 52.1 Å². The second kappa shape index (κ2) is 6.17. The molecule has 1 saturated carbocycles. The quantitative estimate of drug-likeness (QED) is 0.729. The number of carbonyl (C=O) groups excluding carboxylic acids is 3. The highest BCUT2D eigenvalue weighted by atomic mass is 16.6. The van der Waals surface area contributed by atoms with Gasteiger partial charge in [-0.2, -0.15) is 0 Å². The second-order valence-electron chi connectivity index (χ2n) is 5.94. The van der Waals surface area contributed by atoms with Crippen molar-refractivity contribution in [3.8, 4) is 0 Å². The number of methoxy groups -OCH3 is 1. The minimum atomic E-state index is -0.538. The predicted molar refractivity (Wildman–Crippen MR) is 68.3 cm³/mol. The summed E-state index contributed by atoms with van der Waals surface area (Å²) in [6, 6.07) is 0. The Morgan fingerprint density at radius 1 is 1.11 bits per heavy atom. The van der Waals surface area contributed by atoms with Crippen molar-refractivity contribution in [3.63, 3.8) is 0 Å².